The summed E-state index contributed by atoms with van der Waals surface area (Å²) in [5.41, 5.74) is 0. The van der Waals surface area contributed by atoms with Gasteiger partial charge in [-0.15, -0.1) is 11.6 Å². The van der Waals surface area contributed by atoms with Crippen LogP contribution in [0.5, 0.6) is 0 Å². The molecule has 0 aliphatic heterocycles. The molecule has 16 heavy (non-hydrogen) atoms. The molecule has 0 fully saturated rings. The van der Waals surface area contributed by atoms with Gasteiger partial charge in [0.15, 0.2) is 0 Å². The second kappa shape index (κ2) is 24.2. The summed E-state index contributed by atoms with van der Waals surface area (Å²) < 4.78 is 0. The van der Waals surface area contributed by atoms with E-state index in [1.54, 1.807) is 0 Å². The van der Waals surface area contributed by atoms with E-state index in [2.05, 4.69) is 11.6 Å². The van der Waals surface area contributed by atoms with Gasteiger partial charge >= 0.3 is 26.2 Å². The molecule has 0 bridgehead atoms. The van der Waals surface area contributed by atoms with Crippen LogP contribution < -0.4 is 0 Å². The molecule has 0 spiro atoms. The Labute approximate surface area is 124 Å². The van der Waals surface area contributed by atoms with Crippen LogP contribution in [0.3, 0.4) is 0 Å². The third-order valence-electron chi connectivity index (χ3n) is 1.11. The van der Waals surface area contributed by atoms with Crippen molar-refractivity contribution in [3.05, 3.63) is 67.1 Å². The molecule has 0 aromatic heterocycles. The van der Waals surface area contributed by atoms with Gasteiger partial charge in [0.25, 0.3) is 0 Å². The number of rotatable bonds is 0. The molecule has 0 unspecified atom stereocenters. The second-order valence-corrected chi connectivity index (χ2v) is 2.50. The summed E-state index contributed by atoms with van der Waals surface area (Å²) in [6.07, 6.45) is 3.47. The van der Waals surface area contributed by atoms with Crippen molar-refractivity contribution in [2.75, 3.05) is 6.38 Å². The smallest absolute Gasteiger partial charge is 0.335 e. The quantitative estimate of drug-likeness (QED) is 0.479. The molecule has 2 aromatic rings. The molecule has 87 valence electrons. The van der Waals surface area contributed by atoms with Crippen LogP contribution in [-0.4, -0.2) is 6.38 Å². The molecule has 0 aliphatic carbocycles. The maximum absolute atomic E-state index is 4.64. The van der Waals surface area contributed by atoms with Crippen molar-refractivity contribution < 1.29 is 26.2 Å². The Kier molecular flexibility index (Phi) is 32.1. The van der Waals surface area contributed by atoms with Gasteiger partial charge in [-0.3, -0.25) is 0 Å². The van der Waals surface area contributed by atoms with Crippen molar-refractivity contribution in [1.82, 2.24) is 0 Å². The standard InChI is InChI=1S/2C5H5.C3H7.CH3Cl.Zr/c2*1-2-4-5-3-1;1-3-2;1-2;/h2*1-5H;3H,1-2H3;1H3;/q3*-1;;+3. The SMILES string of the molecule is CCl.C[CH-]C.[Zr+3].c1cc[cH-]c1.c1cc[cH-]c1. The minimum atomic E-state index is 0. The van der Waals surface area contributed by atoms with Gasteiger partial charge in [-0.25, -0.2) is 24.3 Å². The molecule has 0 amide bonds. The Balaban J connectivity index is -0.000000147. The largest absolute Gasteiger partial charge is 3.00 e. The molecule has 0 nitrogen and oxygen atoms in total. The number of hydrogen-bond donors (Lipinski definition) is 0. The molecule has 0 aliphatic rings. The zero-order chi connectivity index (χ0) is 11.8. The van der Waals surface area contributed by atoms with Gasteiger partial charge in [0, 0.05) is 6.38 Å². The van der Waals surface area contributed by atoms with Gasteiger partial charge in [-0.05, 0) is 0 Å². The summed E-state index contributed by atoms with van der Waals surface area (Å²) in [6, 6.07) is 20.0. The summed E-state index contributed by atoms with van der Waals surface area (Å²) in [6.45, 7) is 4.00. The van der Waals surface area contributed by atoms with Gasteiger partial charge in [0.2, 0.25) is 0 Å². The molecular formula is C14H20ClZr. The topological polar surface area (TPSA) is 0 Å². The molecule has 2 rings (SSSR count). The van der Waals surface area contributed by atoms with E-state index < -0.39 is 0 Å². The Hall–Kier alpha value is -0.127. The Morgan fingerprint density at radius 3 is 1.00 bits per heavy atom. The van der Waals surface area contributed by atoms with Crippen LogP contribution in [0.25, 0.3) is 0 Å². The molecular weight excluding hydrogens is 295 g/mol. The van der Waals surface area contributed by atoms with Crippen molar-refractivity contribution in [3.63, 3.8) is 0 Å². The van der Waals surface area contributed by atoms with Crippen LogP contribution in [0.1, 0.15) is 13.8 Å². The zero-order valence-corrected chi connectivity index (χ0v) is 13.4. The average Bonchev–Trinajstić information content (AvgIpc) is 3.01. The van der Waals surface area contributed by atoms with E-state index in [1.165, 1.54) is 6.38 Å². The first-order valence-electron chi connectivity index (χ1n) is 4.87. The molecule has 0 saturated heterocycles. The van der Waals surface area contributed by atoms with Gasteiger partial charge in [-0.2, -0.15) is 50.2 Å². The van der Waals surface area contributed by atoms with E-state index >= 15 is 0 Å². The second-order valence-electron chi connectivity index (χ2n) is 2.50. The fourth-order valence-electron chi connectivity index (χ4n) is 0.642. The molecule has 1 radical (unpaired) electrons. The zero-order valence-electron chi connectivity index (χ0n) is 10.2. The minimum Gasteiger partial charge on any atom is -0.335 e. The fraction of sp³-hybridized carbons (Fsp3) is 0.214. The van der Waals surface area contributed by atoms with Gasteiger partial charge in [0.05, 0.1) is 0 Å². The van der Waals surface area contributed by atoms with Crippen molar-refractivity contribution in [3.8, 4) is 0 Å². The number of halogens is 1. The van der Waals surface area contributed by atoms with E-state index in [-0.39, 0.29) is 26.2 Å². The normalized spacial score (nSPS) is 6.50. The molecule has 0 heterocycles. The monoisotopic (exact) mass is 313 g/mol. The maximum Gasteiger partial charge on any atom is 3.00 e. The first kappa shape index (κ1) is 21.2. The Bertz CT molecular complexity index is 162. The molecule has 0 saturated carbocycles. The first-order valence-corrected chi connectivity index (χ1v) is 5.62. The summed E-state index contributed by atoms with van der Waals surface area (Å²) >= 11 is 4.64. The van der Waals surface area contributed by atoms with Crippen LogP contribution in [0.15, 0.2) is 60.7 Å². The van der Waals surface area contributed by atoms with Crippen LogP contribution in [-0.2, 0) is 26.2 Å². The van der Waals surface area contributed by atoms with E-state index in [0.717, 1.165) is 0 Å². The molecule has 2 heteroatoms. The van der Waals surface area contributed by atoms with E-state index in [4.69, 9.17) is 0 Å². The summed E-state index contributed by atoms with van der Waals surface area (Å²) in [4.78, 5) is 0. The maximum atomic E-state index is 4.64. The molecule has 0 N–H and O–H groups in total. The van der Waals surface area contributed by atoms with Gasteiger partial charge < -0.3 is 6.42 Å². The first-order chi connectivity index (χ1) is 7.41. The van der Waals surface area contributed by atoms with Gasteiger partial charge in [0.1, 0.15) is 0 Å². The van der Waals surface area contributed by atoms with E-state index in [9.17, 15) is 0 Å². The average molecular weight is 315 g/mol. The summed E-state index contributed by atoms with van der Waals surface area (Å²) in [5.74, 6) is 0. The van der Waals surface area contributed by atoms with Crippen LogP contribution >= 0.6 is 11.6 Å². The van der Waals surface area contributed by atoms with E-state index in [0.29, 0.717) is 0 Å². The van der Waals surface area contributed by atoms with Crippen LogP contribution in [0.2, 0.25) is 0 Å². The number of alkyl halides is 1. The predicted octanol–water partition coefficient (Wildman–Crippen LogP) is 4.89. The van der Waals surface area contributed by atoms with Crippen LogP contribution in [0.4, 0.5) is 0 Å². The third kappa shape index (κ3) is 23.6. The van der Waals surface area contributed by atoms with Crippen molar-refractivity contribution in [1.29, 1.82) is 0 Å². The van der Waals surface area contributed by atoms with Crippen molar-refractivity contribution >= 4 is 11.6 Å². The minimum absolute atomic E-state index is 0. The molecule has 0 atom stereocenters. The van der Waals surface area contributed by atoms with Gasteiger partial charge in [-0.1, -0.05) is 0 Å². The summed E-state index contributed by atoms with van der Waals surface area (Å²) in [5, 5.41) is 0. The predicted molar refractivity (Wildman–Crippen MR) is 71.5 cm³/mol. The number of hydrogen-bond acceptors (Lipinski definition) is 0. The fourth-order valence-corrected chi connectivity index (χ4v) is 0.642. The Morgan fingerprint density at radius 1 is 0.750 bits per heavy atom. The summed E-state index contributed by atoms with van der Waals surface area (Å²) in [7, 11) is 0. The third-order valence-corrected chi connectivity index (χ3v) is 1.11. The van der Waals surface area contributed by atoms with Crippen LogP contribution in [0, 0.1) is 6.42 Å². The van der Waals surface area contributed by atoms with Crippen molar-refractivity contribution in [2.45, 2.75) is 13.8 Å². The van der Waals surface area contributed by atoms with Crippen molar-refractivity contribution in [2.24, 2.45) is 0 Å². The molecule has 2 aromatic carbocycles. The van der Waals surface area contributed by atoms with E-state index in [1.807, 2.05) is 80.9 Å². The Morgan fingerprint density at radius 2 is 0.938 bits per heavy atom.